The average molecular weight is 356 g/mol. The van der Waals surface area contributed by atoms with Crippen LogP contribution in [0.5, 0.6) is 11.5 Å². The molecule has 0 heterocycles. The smallest absolute Gasteiger partial charge is 0.260 e. The Morgan fingerprint density at radius 2 is 1.77 bits per heavy atom. The first kappa shape index (κ1) is 19.3. The number of aryl methyl sites for hydroxylation is 1. The first-order valence-electron chi connectivity index (χ1n) is 8.43. The summed E-state index contributed by atoms with van der Waals surface area (Å²) in [6.07, 6.45) is 0. The number of para-hydroxylation sites is 2. The lowest BCUT2D eigenvalue weighted by atomic mass is 10.2. The zero-order valence-corrected chi connectivity index (χ0v) is 15.3. The van der Waals surface area contributed by atoms with Gasteiger partial charge in [0.05, 0.1) is 19.3 Å². The van der Waals surface area contributed by atoms with Crippen molar-refractivity contribution in [1.29, 1.82) is 0 Å². The molecule has 6 heteroatoms. The predicted molar refractivity (Wildman–Crippen MR) is 101 cm³/mol. The van der Waals surface area contributed by atoms with Crippen molar-refractivity contribution in [3.05, 3.63) is 54.1 Å². The minimum atomic E-state index is -0.292. The molecule has 0 atom stereocenters. The molecule has 0 spiro atoms. The van der Waals surface area contributed by atoms with E-state index in [-0.39, 0.29) is 25.0 Å². The molecule has 1 N–H and O–H groups in total. The number of rotatable bonds is 8. The molecule has 26 heavy (non-hydrogen) atoms. The number of nitrogens with zero attached hydrogens (tertiary/aromatic N) is 1. The molecule has 0 saturated carbocycles. The van der Waals surface area contributed by atoms with Gasteiger partial charge in [0, 0.05) is 6.54 Å². The SMILES string of the molecule is CCN(CC(=O)Nc1ccccc1OC)C(=O)COc1ccc(C)cc1. The van der Waals surface area contributed by atoms with E-state index in [4.69, 9.17) is 9.47 Å². The third-order valence-electron chi connectivity index (χ3n) is 3.83. The average Bonchev–Trinajstić information content (AvgIpc) is 2.65. The summed E-state index contributed by atoms with van der Waals surface area (Å²) in [6, 6.07) is 14.6. The van der Waals surface area contributed by atoms with E-state index in [1.54, 1.807) is 18.2 Å². The van der Waals surface area contributed by atoms with Gasteiger partial charge in [0.1, 0.15) is 11.5 Å². The summed E-state index contributed by atoms with van der Waals surface area (Å²) >= 11 is 0. The number of amides is 2. The molecular formula is C20H24N2O4. The lowest BCUT2D eigenvalue weighted by molar-refractivity contribution is -0.136. The molecule has 6 nitrogen and oxygen atoms in total. The van der Waals surface area contributed by atoms with Gasteiger partial charge in [-0.3, -0.25) is 9.59 Å². The van der Waals surface area contributed by atoms with Crippen molar-refractivity contribution in [3.8, 4) is 11.5 Å². The fraction of sp³-hybridized carbons (Fsp3) is 0.300. The highest BCUT2D eigenvalue weighted by Crippen LogP contribution is 2.22. The molecule has 0 bridgehead atoms. The lowest BCUT2D eigenvalue weighted by Crippen LogP contribution is -2.40. The number of hydrogen-bond donors (Lipinski definition) is 1. The van der Waals surface area contributed by atoms with E-state index < -0.39 is 0 Å². The van der Waals surface area contributed by atoms with Crippen LogP contribution in [0.2, 0.25) is 0 Å². The molecule has 2 amide bonds. The van der Waals surface area contributed by atoms with Crippen molar-refractivity contribution in [1.82, 2.24) is 4.90 Å². The van der Waals surface area contributed by atoms with Gasteiger partial charge in [0.25, 0.3) is 5.91 Å². The highest BCUT2D eigenvalue weighted by Gasteiger charge is 2.17. The van der Waals surface area contributed by atoms with Crippen molar-refractivity contribution in [2.45, 2.75) is 13.8 Å². The third kappa shape index (κ3) is 5.51. The zero-order chi connectivity index (χ0) is 18.9. The maximum absolute atomic E-state index is 12.3. The maximum atomic E-state index is 12.3. The fourth-order valence-corrected chi connectivity index (χ4v) is 2.36. The van der Waals surface area contributed by atoms with E-state index in [1.807, 2.05) is 44.2 Å². The van der Waals surface area contributed by atoms with E-state index in [0.717, 1.165) is 5.56 Å². The van der Waals surface area contributed by atoms with E-state index in [2.05, 4.69) is 5.32 Å². The van der Waals surface area contributed by atoms with E-state index in [0.29, 0.717) is 23.7 Å². The lowest BCUT2D eigenvalue weighted by Gasteiger charge is -2.21. The largest absolute Gasteiger partial charge is 0.495 e. The van der Waals surface area contributed by atoms with Gasteiger partial charge >= 0.3 is 0 Å². The fourth-order valence-electron chi connectivity index (χ4n) is 2.36. The third-order valence-corrected chi connectivity index (χ3v) is 3.83. The van der Waals surface area contributed by atoms with Crippen LogP contribution in [-0.4, -0.2) is 43.5 Å². The predicted octanol–water partition coefficient (Wildman–Crippen LogP) is 2.87. The van der Waals surface area contributed by atoms with Crippen LogP contribution in [-0.2, 0) is 9.59 Å². The summed E-state index contributed by atoms with van der Waals surface area (Å²) in [6.45, 7) is 4.05. The molecule has 0 saturated heterocycles. The van der Waals surface area contributed by atoms with Gasteiger partial charge in [-0.15, -0.1) is 0 Å². The molecule has 0 aromatic heterocycles. The molecule has 0 aliphatic rings. The minimum absolute atomic E-state index is 0.0510. The molecular weight excluding hydrogens is 332 g/mol. The Balaban J connectivity index is 1.89. The Bertz CT molecular complexity index is 744. The van der Waals surface area contributed by atoms with E-state index in [9.17, 15) is 9.59 Å². The van der Waals surface area contributed by atoms with Crippen molar-refractivity contribution >= 4 is 17.5 Å². The number of carbonyl (C=O) groups is 2. The summed E-state index contributed by atoms with van der Waals surface area (Å²) in [5.41, 5.74) is 1.69. The van der Waals surface area contributed by atoms with Gasteiger partial charge < -0.3 is 19.7 Å². The number of carbonyl (C=O) groups excluding carboxylic acids is 2. The highest BCUT2D eigenvalue weighted by atomic mass is 16.5. The molecule has 2 aromatic carbocycles. The van der Waals surface area contributed by atoms with Gasteiger partial charge in [-0.25, -0.2) is 0 Å². The summed E-state index contributed by atoms with van der Waals surface area (Å²) in [5, 5.41) is 2.76. The number of likely N-dealkylation sites (N-methyl/N-ethyl adjacent to an activating group) is 1. The maximum Gasteiger partial charge on any atom is 0.260 e. The second-order valence-corrected chi connectivity index (χ2v) is 5.76. The van der Waals surface area contributed by atoms with Crippen LogP contribution in [0.15, 0.2) is 48.5 Å². The molecule has 2 aromatic rings. The number of anilines is 1. The van der Waals surface area contributed by atoms with Crippen LogP contribution in [0, 0.1) is 6.92 Å². The number of hydrogen-bond acceptors (Lipinski definition) is 4. The molecule has 0 unspecified atom stereocenters. The first-order valence-corrected chi connectivity index (χ1v) is 8.43. The topological polar surface area (TPSA) is 67.9 Å². The summed E-state index contributed by atoms with van der Waals surface area (Å²) in [4.78, 5) is 26.0. The Labute approximate surface area is 153 Å². The van der Waals surface area contributed by atoms with Crippen LogP contribution in [0.3, 0.4) is 0 Å². The number of methoxy groups -OCH3 is 1. The molecule has 2 rings (SSSR count). The Hall–Kier alpha value is -3.02. The second-order valence-electron chi connectivity index (χ2n) is 5.76. The standard InChI is InChI=1S/C20H24N2O4/c1-4-22(20(24)14-26-16-11-9-15(2)10-12-16)13-19(23)21-17-7-5-6-8-18(17)25-3/h5-12H,4,13-14H2,1-3H3,(H,21,23). The summed E-state index contributed by atoms with van der Waals surface area (Å²) < 4.78 is 10.7. The Morgan fingerprint density at radius 3 is 2.42 bits per heavy atom. The van der Waals surface area contributed by atoms with Gasteiger partial charge in [0.15, 0.2) is 6.61 Å². The van der Waals surface area contributed by atoms with Gasteiger partial charge in [-0.1, -0.05) is 29.8 Å². The van der Waals surface area contributed by atoms with Gasteiger partial charge in [-0.2, -0.15) is 0 Å². The van der Waals surface area contributed by atoms with Crippen molar-refractivity contribution in [2.75, 3.05) is 32.1 Å². The summed E-state index contributed by atoms with van der Waals surface area (Å²) in [5.74, 6) is 0.652. The Morgan fingerprint density at radius 1 is 1.08 bits per heavy atom. The van der Waals surface area contributed by atoms with E-state index >= 15 is 0 Å². The minimum Gasteiger partial charge on any atom is -0.495 e. The number of ether oxygens (including phenoxy) is 2. The van der Waals surface area contributed by atoms with Crippen LogP contribution in [0.4, 0.5) is 5.69 Å². The van der Waals surface area contributed by atoms with Gasteiger partial charge in [-0.05, 0) is 38.1 Å². The normalized spacial score (nSPS) is 10.1. The van der Waals surface area contributed by atoms with Crippen molar-refractivity contribution in [3.63, 3.8) is 0 Å². The number of benzene rings is 2. The van der Waals surface area contributed by atoms with Crippen LogP contribution in [0.25, 0.3) is 0 Å². The first-order chi connectivity index (χ1) is 12.5. The Kier molecular flexibility index (Phi) is 7.02. The molecule has 0 aliphatic heterocycles. The van der Waals surface area contributed by atoms with Crippen LogP contribution in [0.1, 0.15) is 12.5 Å². The molecule has 0 aliphatic carbocycles. The van der Waals surface area contributed by atoms with Crippen molar-refractivity contribution < 1.29 is 19.1 Å². The zero-order valence-electron chi connectivity index (χ0n) is 15.3. The summed E-state index contributed by atoms with van der Waals surface area (Å²) in [7, 11) is 1.54. The second kappa shape index (κ2) is 9.46. The monoisotopic (exact) mass is 356 g/mol. The van der Waals surface area contributed by atoms with Crippen LogP contribution >= 0.6 is 0 Å². The molecule has 0 fully saturated rings. The molecule has 138 valence electrons. The van der Waals surface area contributed by atoms with Crippen LogP contribution < -0.4 is 14.8 Å². The van der Waals surface area contributed by atoms with Gasteiger partial charge in [0.2, 0.25) is 5.91 Å². The number of nitrogens with one attached hydrogen (secondary N) is 1. The van der Waals surface area contributed by atoms with E-state index in [1.165, 1.54) is 12.0 Å². The quantitative estimate of drug-likeness (QED) is 0.790. The molecule has 0 radical (unpaired) electrons. The highest BCUT2D eigenvalue weighted by molar-refractivity contribution is 5.95. The van der Waals surface area contributed by atoms with Crippen molar-refractivity contribution in [2.24, 2.45) is 0 Å².